The molecule has 0 aliphatic carbocycles. The zero-order valence-corrected chi connectivity index (χ0v) is 9.55. The van der Waals surface area contributed by atoms with E-state index in [1.54, 1.807) is 6.20 Å². The van der Waals surface area contributed by atoms with E-state index in [2.05, 4.69) is 10.3 Å². The topological polar surface area (TPSA) is 68.3 Å². The fraction of sp³-hybridized carbons (Fsp3) is 0.417. The Bertz CT molecular complexity index is 419. The van der Waals surface area contributed by atoms with Crippen molar-refractivity contribution in [3.05, 3.63) is 30.1 Å². The number of methoxy groups -OCH3 is 1. The molecule has 0 unspecified atom stereocenters. The van der Waals surface area contributed by atoms with Crippen LogP contribution in [0.2, 0.25) is 0 Å². The molecule has 0 aromatic carbocycles. The Kier molecular flexibility index (Phi) is 3.37. The summed E-state index contributed by atoms with van der Waals surface area (Å²) in [6.45, 7) is 0.350. The highest BCUT2D eigenvalue weighted by Gasteiger charge is 2.40. The second kappa shape index (κ2) is 4.95. The maximum atomic E-state index is 11.7. The van der Waals surface area contributed by atoms with E-state index in [0.29, 0.717) is 13.0 Å². The van der Waals surface area contributed by atoms with Gasteiger partial charge in [0.25, 0.3) is 0 Å². The molecule has 1 fully saturated rings. The molecule has 0 radical (unpaired) electrons. The first-order valence-electron chi connectivity index (χ1n) is 5.48. The number of carbonyl (C=O) groups is 2. The lowest BCUT2D eigenvalue weighted by atomic mass is 9.91. The number of amides is 1. The van der Waals surface area contributed by atoms with Gasteiger partial charge in [-0.05, 0) is 12.1 Å². The van der Waals surface area contributed by atoms with Crippen molar-refractivity contribution < 1.29 is 14.3 Å². The first-order chi connectivity index (χ1) is 8.22. The van der Waals surface area contributed by atoms with Crippen molar-refractivity contribution in [3.63, 3.8) is 0 Å². The molecule has 2 rings (SSSR count). The zero-order chi connectivity index (χ0) is 12.3. The molecule has 1 saturated heterocycles. The van der Waals surface area contributed by atoms with E-state index in [1.807, 2.05) is 18.2 Å². The largest absolute Gasteiger partial charge is 0.469 e. The number of nitrogens with one attached hydrogen (secondary N) is 1. The molecule has 1 amide bonds. The average molecular weight is 234 g/mol. The number of ether oxygens (including phenoxy) is 1. The Balaban J connectivity index is 2.12. The fourth-order valence-electron chi connectivity index (χ4n) is 2.04. The highest BCUT2D eigenvalue weighted by molar-refractivity contribution is 5.89. The molecule has 0 spiro atoms. The first-order valence-corrected chi connectivity index (χ1v) is 5.48. The third-order valence-corrected chi connectivity index (χ3v) is 2.98. The van der Waals surface area contributed by atoms with Crippen LogP contribution in [0, 0.1) is 11.8 Å². The van der Waals surface area contributed by atoms with Gasteiger partial charge < -0.3 is 10.1 Å². The van der Waals surface area contributed by atoms with Crippen molar-refractivity contribution in [2.24, 2.45) is 11.8 Å². The summed E-state index contributed by atoms with van der Waals surface area (Å²) in [6.07, 6.45) is 2.14. The Morgan fingerprint density at radius 2 is 2.41 bits per heavy atom. The second-order valence-corrected chi connectivity index (χ2v) is 4.01. The maximum absolute atomic E-state index is 11.7. The van der Waals surface area contributed by atoms with Crippen LogP contribution in [0.25, 0.3) is 0 Å². The summed E-state index contributed by atoms with van der Waals surface area (Å²) in [5.74, 6) is -1.23. The zero-order valence-electron chi connectivity index (χ0n) is 9.55. The SMILES string of the molecule is COC(=O)[C@H]1CNC(=O)[C@@H]1Cc1ccccn1. The van der Waals surface area contributed by atoms with Crippen molar-refractivity contribution >= 4 is 11.9 Å². The van der Waals surface area contributed by atoms with Crippen LogP contribution in [-0.4, -0.2) is 30.5 Å². The summed E-state index contributed by atoms with van der Waals surface area (Å²) >= 11 is 0. The van der Waals surface area contributed by atoms with Crippen LogP contribution in [0.5, 0.6) is 0 Å². The van der Waals surface area contributed by atoms with E-state index in [9.17, 15) is 9.59 Å². The number of nitrogens with zero attached hydrogens (tertiary/aromatic N) is 1. The summed E-state index contributed by atoms with van der Waals surface area (Å²) in [6, 6.07) is 5.53. The van der Waals surface area contributed by atoms with Gasteiger partial charge in [0, 0.05) is 24.9 Å². The number of esters is 1. The van der Waals surface area contributed by atoms with Crippen LogP contribution >= 0.6 is 0 Å². The Morgan fingerprint density at radius 1 is 1.59 bits per heavy atom. The molecule has 2 heterocycles. The van der Waals surface area contributed by atoms with Crippen LogP contribution in [0.3, 0.4) is 0 Å². The molecular weight excluding hydrogens is 220 g/mol. The smallest absolute Gasteiger partial charge is 0.311 e. The number of rotatable bonds is 3. The van der Waals surface area contributed by atoms with E-state index >= 15 is 0 Å². The minimum atomic E-state index is -0.408. The van der Waals surface area contributed by atoms with Crippen LogP contribution < -0.4 is 5.32 Å². The first kappa shape index (κ1) is 11.6. The van der Waals surface area contributed by atoms with Crippen LogP contribution in [0.1, 0.15) is 5.69 Å². The normalized spacial score (nSPS) is 23.2. The summed E-state index contributed by atoms with van der Waals surface area (Å²) in [7, 11) is 1.34. The maximum Gasteiger partial charge on any atom is 0.311 e. The summed E-state index contributed by atoms with van der Waals surface area (Å²) < 4.78 is 4.70. The Morgan fingerprint density at radius 3 is 3.06 bits per heavy atom. The number of aromatic nitrogens is 1. The predicted molar refractivity (Wildman–Crippen MR) is 59.9 cm³/mol. The molecular formula is C12H14N2O3. The van der Waals surface area contributed by atoms with Gasteiger partial charge in [-0.3, -0.25) is 14.6 Å². The molecule has 1 aliphatic heterocycles. The monoisotopic (exact) mass is 234 g/mol. The minimum absolute atomic E-state index is 0.106. The highest BCUT2D eigenvalue weighted by Crippen LogP contribution is 2.22. The molecule has 0 saturated carbocycles. The number of carbonyl (C=O) groups excluding carboxylic acids is 2. The highest BCUT2D eigenvalue weighted by atomic mass is 16.5. The molecule has 90 valence electrons. The van der Waals surface area contributed by atoms with Gasteiger partial charge in [-0.15, -0.1) is 0 Å². The van der Waals surface area contributed by atoms with Crippen molar-refractivity contribution in [1.29, 1.82) is 0 Å². The Hall–Kier alpha value is -1.91. The second-order valence-electron chi connectivity index (χ2n) is 4.01. The molecule has 1 aromatic rings. The van der Waals surface area contributed by atoms with E-state index < -0.39 is 5.92 Å². The standard InChI is InChI=1S/C12H14N2O3/c1-17-12(16)10-7-14-11(15)9(10)6-8-4-2-3-5-13-8/h2-5,9-10H,6-7H2,1H3,(H,14,15)/t9-,10+/m1/s1. The van der Waals surface area contributed by atoms with Gasteiger partial charge in [-0.2, -0.15) is 0 Å². The summed E-state index contributed by atoms with van der Waals surface area (Å²) in [5.41, 5.74) is 0.809. The molecule has 17 heavy (non-hydrogen) atoms. The van der Waals surface area contributed by atoms with Crippen molar-refractivity contribution in [3.8, 4) is 0 Å². The molecule has 1 aromatic heterocycles. The fourth-order valence-corrected chi connectivity index (χ4v) is 2.04. The number of hydrogen-bond acceptors (Lipinski definition) is 4. The van der Waals surface area contributed by atoms with E-state index in [4.69, 9.17) is 4.74 Å². The van der Waals surface area contributed by atoms with Crippen LogP contribution in [-0.2, 0) is 20.7 Å². The van der Waals surface area contributed by atoms with E-state index in [1.165, 1.54) is 7.11 Å². The van der Waals surface area contributed by atoms with Crippen molar-refractivity contribution in [2.45, 2.75) is 6.42 Å². The van der Waals surface area contributed by atoms with Crippen molar-refractivity contribution in [2.75, 3.05) is 13.7 Å². The molecule has 2 atom stereocenters. The summed E-state index contributed by atoms with van der Waals surface area (Å²) in [4.78, 5) is 27.4. The van der Waals surface area contributed by atoms with Gasteiger partial charge in [0.2, 0.25) is 5.91 Å². The van der Waals surface area contributed by atoms with Gasteiger partial charge >= 0.3 is 5.97 Å². The summed E-state index contributed by atoms with van der Waals surface area (Å²) in [5, 5.41) is 2.69. The lowest BCUT2D eigenvalue weighted by Gasteiger charge is -2.13. The number of pyridine rings is 1. The van der Waals surface area contributed by atoms with Gasteiger partial charge in [0.15, 0.2) is 0 Å². The quantitative estimate of drug-likeness (QED) is 0.756. The molecule has 0 bridgehead atoms. The van der Waals surface area contributed by atoms with Crippen LogP contribution in [0.15, 0.2) is 24.4 Å². The minimum Gasteiger partial charge on any atom is -0.469 e. The van der Waals surface area contributed by atoms with Crippen LogP contribution in [0.4, 0.5) is 0 Å². The lowest BCUT2D eigenvalue weighted by Crippen LogP contribution is -2.27. The average Bonchev–Trinajstić information content (AvgIpc) is 2.72. The van der Waals surface area contributed by atoms with Gasteiger partial charge in [-0.25, -0.2) is 0 Å². The lowest BCUT2D eigenvalue weighted by molar-refractivity contribution is -0.147. The van der Waals surface area contributed by atoms with Crippen molar-refractivity contribution in [1.82, 2.24) is 10.3 Å². The number of hydrogen-bond donors (Lipinski definition) is 1. The predicted octanol–water partition coefficient (Wildman–Crippen LogP) is 0.159. The molecule has 1 N–H and O–H groups in total. The third kappa shape index (κ3) is 2.43. The Labute approximate surface area is 99.2 Å². The van der Waals surface area contributed by atoms with Gasteiger partial charge in [-0.1, -0.05) is 6.07 Å². The van der Waals surface area contributed by atoms with Gasteiger partial charge in [0.05, 0.1) is 18.9 Å². The molecule has 1 aliphatic rings. The molecule has 5 heteroatoms. The van der Waals surface area contributed by atoms with E-state index in [0.717, 1.165) is 5.69 Å². The van der Waals surface area contributed by atoms with Gasteiger partial charge in [0.1, 0.15) is 0 Å². The molecule has 5 nitrogen and oxygen atoms in total. The third-order valence-electron chi connectivity index (χ3n) is 2.98. The van der Waals surface area contributed by atoms with E-state index in [-0.39, 0.29) is 17.8 Å².